The van der Waals surface area contributed by atoms with Gasteiger partial charge in [0.15, 0.2) is 0 Å². The summed E-state index contributed by atoms with van der Waals surface area (Å²) >= 11 is 0. The van der Waals surface area contributed by atoms with Crippen molar-refractivity contribution in [2.45, 2.75) is 71.0 Å². The highest BCUT2D eigenvalue weighted by Gasteiger charge is 2.18. The van der Waals surface area contributed by atoms with Crippen molar-refractivity contribution in [3.63, 3.8) is 0 Å². The number of hydrogen-bond acceptors (Lipinski definition) is 4. The summed E-state index contributed by atoms with van der Waals surface area (Å²) in [5, 5.41) is 7.23. The van der Waals surface area contributed by atoms with Gasteiger partial charge < -0.3 is 15.1 Å². The van der Waals surface area contributed by atoms with E-state index in [-0.39, 0.29) is 6.04 Å². The maximum absolute atomic E-state index is 5.57. The molecular weight excluding hydrogens is 238 g/mol. The fourth-order valence-electron chi connectivity index (χ4n) is 2.87. The highest BCUT2D eigenvalue weighted by molar-refractivity contribution is 4.95. The lowest BCUT2D eigenvalue weighted by molar-refractivity contribution is 0.342. The first kappa shape index (κ1) is 14.5. The monoisotopic (exact) mass is 265 g/mol. The lowest BCUT2D eigenvalue weighted by Crippen LogP contribution is -2.37. The van der Waals surface area contributed by atoms with Crippen LogP contribution < -0.4 is 10.6 Å². The van der Waals surface area contributed by atoms with Crippen molar-refractivity contribution in [3.05, 3.63) is 17.8 Å². The van der Waals surface area contributed by atoms with Gasteiger partial charge in [-0.1, -0.05) is 12.8 Å². The number of oxazole rings is 1. The van der Waals surface area contributed by atoms with Gasteiger partial charge >= 0.3 is 0 Å². The average Bonchev–Trinajstić information content (AvgIpc) is 2.64. The molecule has 0 aromatic carbocycles. The zero-order valence-corrected chi connectivity index (χ0v) is 12.4. The molecule has 2 rings (SSSR count). The average molecular weight is 265 g/mol. The Kier molecular flexibility index (Phi) is 5.40. The molecule has 1 aromatic heterocycles. The normalized spacial score (nSPS) is 23.8. The fraction of sp³-hybridized carbons (Fsp3) is 0.800. The number of nitrogens with one attached hydrogen (secondary N) is 2. The third-order valence-electron chi connectivity index (χ3n) is 3.84. The van der Waals surface area contributed by atoms with Crippen LogP contribution in [-0.4, -0.2) is 23.6 Å². The standard InChI is InChI=1S/C15H27N3O/c1-11(9-14-7-5-4-6-8-16-14)18-13(3)15-17-10-12(2)19-15/h10-11,13-14,16,18H,4-9H2,1-3H3. The van der Waals surface area contributed by atoms with Crippen LogP contribution in [-0.2, 0) is 0 Å². The second kappa shape index (κ2) is 7.06. The fourth-order valence-corrected chi connectivity index (χ4v) is 2.87. The first-order valence-electron chi connectivity index (χ1n) is 7.57. The van der Waals surface area contributed by atoms with E-state index in [0.29, 0.717) is 12.1 Å². The summed E-state index contributed by atoms with van der Waals surface area (Å²) < 4.78 is 5.57. The van der Waals surface area contributed by atoms with E-state index >= 15 is 0 Å². The lowest BCUT2D eigenvalue weighted by Gasteiger charge is -2.23. The van der Waals surface area contributed by atoms with Crippen LogP contribution in [0, 0.1) is 6.92 Å². The maximum Gasteiger partial charge on any atom is 0.211 e. The first-order valence-corrected chi connectivity index (χ1v) is 7.57. The highest BCUT2D eigenvalue weighted by atomic mass is 16.4. The summed E-state index contributed by atoms with van der Waals surface area (Å²) in [6.45, 7) is 7.47. The lowest BCUT2D eigenvalue weighted by atomic mass is 10.0. The molecular formula is C15H27N3O. The predicted octanol–water partition coefficient (Wildman–Crippen LogP) is 2.94. The molecule has 2 heterocycles. The number of rotatable bonds is 5. The van der Waals surface area contributed by atoms with Crippen molar-refractivity contribution in [3.8, 4) is 0 Å². The van der Waals surface area contributed by atoms with E-state index < -0.39 is 0 Å². The van der Waals surface area contributed by atoms with Gasteiger partial charge in [-0.2, -0.15) is 0 Å². The predicted molar refractivity (Wildman–Crippen MR) is 77.1 cm³/mol. The van der Waals surface area contributed by atoms with Gasteiger partial charge in [0.05, 0.1) is 12.2 Å². The Morgan fingerprint density at radius 2 is 2.26 bits per heavy atom. The molecule has 1 saturated heterocycles. The van der Waals surface area contributed by atoms with E-state index in [2.05, 4.69) is 29.5 Å². The Labute approximate surface area is 116 Å². The zero-order valence-electron chi connectivity index (χ0n) is 12.4. The summed E-state index contributed by atoms with van der Waals surface area (Å²) in [6.07, 6.45) is 8.31. The van der Waals surface area contributed by atoms with E-state index in [9.17, 15) is 0 Å². The Hall–Kier alpha value is -0.870. The summed E-state index contributed by atoms with van der Waals surface area (Å²) in [7, 11) is 0. The van der Waals surface area contributed by atoms with Crippen molar-refractivity contribution in [1.82, 2.24) is 15.6 Å². The van der Waals surface area contributed by atoms with Crippen molar-refractivity contribution in [2.75, 3.05) is 6.54 Å². The van der Waals surface area contributed by atoms with Crippen LogP contribution in [0.2, 0.25) is 0 Å². The number of hydrogen-bond donors (Lipinski definition) is 2. The van der Waals surface area contributed by atoms with Gasteiger partial charge in [0, 0.05) is 12.1 Å². The Morgan fingerprint density at radius 3 is 3.00 bits per heavy atom. The summed E-state index contributed by atoms with van der Waals surface area (Å²) in [5.41, 5.74) is 0. The Morgan fingerprint density at radius 1 is 1.42 bits per heavy atom. The second-order valence-corrected chi connectivity index (χ2v) is 5.83. The van der Waals surface area contributed by atoms with Crippen LogP contribution in [0.25, 0.3) is 0 Å². The van der Waals surface area contributed by atoms with Crippen molar-refractivity contribution in [2.24, 2.45) is 0 Å². The van der Waals surface area contributed by atoms with Crippen molar-refractivity contribution in [1.29, 1.82) is 0 Å². The van der Waals surface area contributed by atoms with Crippen LogP contribution in [0.15, 0.2) is 10.6 Å². The van der Waals surface area contributed by atoms with Gasteiger partial charge in [-0.3, -0.25) is 0 Å². The Balaban J connectivity index is 1.78. The molecule has 1 aromatic rings. The van der Waals surface area contributed by atoms with E-state index in [1.54, 1.807) is 6.20 Å². The molecule has 19 heavy (non-hydrogen) atoms. The van der Waals surface area contributed by atoms with E-state index in [1.807, 2.05) is 6.92 Å². The zero-order chi connectivity index (χ0) is 13.7. The Bertz CT molecular complexity index is 369. The largest absolute Gasteiger partial charge is 0.444 e. The molecule has 1 fully saturated rings. The smallest absolute Gasteiger partial charge is 0.211 e. The number of aryl methyl sites for hydroxylation is 1. The van der Waals surface area contributed by atoms with Crippen LogP contribution in [0.3, 0.4) is 0 Å². The van der Waals surface area contributed by atoms with Gasteiger partial charge in [0.25, 0.3) is 0 Å². The molecule has 3 atom stereocenters. The van der Waals surface area contributed by atoms with Crippen molar-refractivity contribution < 1.29 is 4.42 Å². The van der Waals surface area contributed by atoms with Gasteiger partial charge in [-0.05, 0) is 46.6 Å². The van der Waals surface area contributed by atoms with Gasteiger partial charge in [-0.25, -0.2) is 4.98 Å². The topological polar surface area (TPSA) is 50.1 Å². The minimum Gasteiger partial charge on any atom is -0.444 e. The number of aromatic nitrogens is 1. The molecule has 4 heteroatoms. The molecule has 0 aliphatic carbocycles. The van der Waals surface area contributed by atoms with Crippen LogP contribution in [0.1, 0.15) is 63.6 Å². The second-order valence-electron chi connectivity index (χ2n) is 5.83. The molecule has 0 saturated carbocycles. The molecule has 0 spiro atoms. The van der Waals surface area contributed by atoms with Crippen LogP contribution in [0.4, 0.5) is 0 Å². The molecule has 108 valence electrons. The summed E-state index contributed by atoms with van der Waals surface area (Å²) in [4.78, 5) is 4.29. The molecule has 0 bridgehead atoms. The van der Waals surface area contributed by atoms with Crippen molar-refractivity contribution >= 4 is 0 Å². The SMILES string of the molecule is Cc1cnc(C(C)NC(C)CC2CCCCCN2)o1. The molecule has 1 aliphatic rings. The molecule has 0 amide bonds. The summed E-state index contributed by atoms with van der Waals surface area (Å²) in [6, 6.07) is 1.30. The van der Waals surface area contributed by atoms with E-state index in [1.165, 1.54) is 38.6 Å². The van der Waals surface area contributed by atoms with E-state index in [4.69, 9.17) is 4.42 Å². The summed E-state index contributed by atoms with van der Waals surface area (Å²) in [5.74, 6) is 1.67. The maximum atomic E-state index is 5.57. The number of nitrogens with zero attached hydrogens (tertiary/aromatic N) is 1. The van der Waals surface area contributed by atoms with Gasteiger partial charge in [0.2, 0.25) is 5.89 Å². The molecule has 2 N–H and O–H groups in total. The molecule has 0 radical (unpaired) electrons. The minimum absolute atomic E-state index is 0.175. The molecule has 3 unspecified atom stereocenters. The molecule has 4 nitrogen and oxygen atoms in total. The van der Waals surface area contributed by atoms with E-state index in [0.717, 1.165) is 11.7 Å². The van der Waals surface area contributed by atoms with Gasteiger partial charge in [0.1, 0.15) is 5.76 Å². The highest BCUT2D eigenvalue weighted by Crippen LogP contribution is 2.16. The third-order valence-corrected chi connectivity index (χ3v) is 3.84. The minimum atomic E-state index is 0.175. The quantitative estimate of drug-likeness (QED) is 0.859. The van der Waals surface area contributed by atoms with Crippen LogP contribution >= 0.6 is 0 Å². The molecule has 1 aliphatic heterocycles. The third kappa shape index (κ3) is 4.62. The van der Waals surface area contributed by atoms with Crippen LogP contribution in [0.5, 0.6) is 0 Å². The van der Waals surface area contributed by atoms with Gasteiger partial charge in [-0.15, -0.1) is 0 Å². The first-order chi connectivity index (χ1) is 9.15.